The van der Waals surface area contributed by atoms with Crippen LogP contribution in [0.3, 0.4) is 0 Å². The number of benzene rings is 2. The van der Waals surface area contributed by atoms with Crippen molar-refractivity contribution in [1.82, 2.24) is 0 Å². The van der Waals surface area contributed by atoms with Crippen molar-refractivity contribution in [2.24, 2.45) is 0 Å². The number of halogens is 6. The second-order valence-corrected chi connectivity index (χ2v) is 8.60. The zero-order valence-corrected chi connectivity index (χ0v) is 18.9. The molecule has 0 bridgehead atoms. The quantitative estimate of drug-likeness (QED) is 0.190. The zero-order chi connectivity index (χ0) is 24.7. The lowest BCUT2D eigenvalue weighted by Gasteiger charge is -2.31. The molecule has 8 heteroatoms. The highest BCUT2D eigenvalue weighted by molar-refractivity contribution is 5.34. The summed E-state index contributed by atoms with van der Waals surface area (Å²) in [5.41, 5.74) is 1.14. The molecule has 3 rings (SSSR count). The molecule has 0 radical (unpaired) electrons. The first-order chi connectivity index (χ1) is 16.2. The van der Waals surface area contributed by atoms with Crippen LogP contribution in [0.4, 0.5) is 26.3 Å². The summed E-state index contributed by atoms with van der Waals surface area (Å²) in [6, 6.07) is 8.26. The van der Waals surface area contributed by atoms with E-state index in [0.29, 0.717) is 31.2 Å². The minimum atomic E-state index is -3.43. The molecule has 1 aliphatic rings. The number of hydrogen-bond acceptors (Lipinski definition) is 2. The minimum Gasteiger partial charge on any atom is -0.453 e. The molecule has 0 N–H and O–H groups in total. The molecule has 2 aromatic rings. The molecular weight excluding hydrogens is 458 g/mol. The fourth-order valence-corrected chi connectivity index (χ4v) is 4.27. The van der Waals surface area contributed by atoms with E-state index in [2.05, 4.69) is 11.7 Å². The van der Waals surface area contributed by atoms with Gasteiger partial charge in [-0.25, -0.2) is 8.78 Å². The van der Waals surface area contributed by atoms with Gasteiger partial charge in [0.25, 0.3) is 0 Å². The van der Waals surface area contributed by atoms with Gasteiger partial charge in [-0.1, -0.05) is 44.0 Å². The van der Waals surface area contributed by atoms with Gasteiger partial charge < -0.3 is 9.47 Å². The molecule has 2 aromatic carbocycles. The van der Waals surface area contributed by atoms with Gasteiger partial charge in [-0.05, 0) is 67.7 Å². The topological polar surface area (TPSA) is 18.5 Å². The van der Waals surface area contributed by atoms with E-state index in [9.17, 15) is 26.3 Å². The third kappa shape index (κ3) is 7.01. The molecule has 1 saturated carbocycles. The number of alkyl halides is 2. The molecule has 1 aliphatic carbocycles. The second-order valence-electron chi connectivity index (χ2n) is 8.60. The van der Waals surface area contributed by atoms with Gasteiger partial charge in [-0.15, -0.1) is 0 Å². The van der Waals surface area contributed by atoms with Gasteiger partial charge in [0, 0.05) is 0 Å². The van der Waals surface area contributed by atoms with Crippen LogP contribution < -0.4 is 4.74 Å². The number of aryl methyl sites for hydroxylation is 1. The highest BCUT2D eigenvalue weighted by atomic mass is 19.3. The van der Waals surface area contributed by atoms with E-state index in [4.69, 9.17) is 4.74 Å². The maximum atomic E-state index is 14.7. The molecule has 0 atom stereocenters. The Morgan fingerprint density at radius 1 is 0.971 bits per heavy atom. The summed E-state index contributed by atoms with van der Waals surface area (Å²) in [6.45, 7) is 2.11. The van der Waals surface area contributed by atoms with Crippen LogP contribution >= 0.6 is 0 Å². The number of unbranched alkanes of at least 4 members (excludes halogenated alkanes) is 2. The van der Waals surface area contributed by atoms with Crippen LogP contribution in [0.2, 0.25) is 0 Å². The standard InChI is InChI=1S/C26H28F6O2/c1-2-3-4-5-17-6-10-20(11-7-17)26(31,32)34-21-12-8-18(9-13-21)19-14-22(27)25(23(28)15-19)33-16-24(29)30/h6-7,10-11,14-16,18,21H,2-5,8-9,12-13H2,1H3. The van der Waals surface area contributed by atoms with Crippen molar-refractivity contribution in [3.63, 3.8) is 0 Å². The average Bonchev–Trinajstić information content (AvgIpc) is 2.79. The number of ether oxygens (including phenoxy) is 2. The highest BCUT2D eigenvalue weighted by Crippen LogP contribution is 2.40. The summed E-state index contributed by atoms with van der Waals surface area (Å²) in [5, 5.41) is 0. The molecule has 186 valence electrons. The normalized spacial score (nSPS) is 18.6. The largest absolute Gasteiger partial charge is 0.453 e. The van der Waals surface area contributed by atoms with Crippen LogP contribution in [0, 0.1) is 11.6 Å². The van der Waals surface area contributed by atoms with Crippen molar-refractivity contribution in [2.45, 2.75) is 76.4 Å². The number of rotatable bonds is 10. The molecule has 34 heavy (non-hydrogen) atoms. The molecule has 0 unspecified atom stereocenters. The lowest BCUT2D eigenvalue weighted by Crippen LogP contribution is -2.29. The molecule has 0 aliphatic heterocycles. The summed E-state index contributed by atoms with van der Waals surface area (Å²) in [6.07, 6.45) is -0.938. The van der Waals surface area contributed by atoms with Crippen molar-refractivity contribution in [3.05, 3.63) is 77.1 Å². The fraction of sp³-hybridized carbons (Fsp3) is 0.462. The van der Waals surface area contributed by atoms with E-state index in [1.54, 1.807) is 12.1 Å². The molecule has 0 saturated heterocycles. The Hall–Kier alpha value is -2.48. The van der Waals surface area contributed by atoms with Crippen molar-refractivity contribution >= 4 is 0 Å². The van der Waals surface area contributed by atoms with Crippen LogP contribution in [0.25, 0.3) is 0 Å². The van der Waals surface area contributed by atoms with Gasteiger partial charge in [0.1, 0.15) is 0 Å². The van der Waals surface area contributed by atoms with Crippen LogP contribution in [0.5, 0.6) is 5.75 Å². The summed E-state index contributed by atoms with van der Waals surface area (Å²) in [4.78, 5) is 0. The summed E-state index contributed by atoms with van der Waals surface area (Å²) < 4.78 is 91.4. The second kappa shape index (κ2) is 11.8. The van der Waals surface area contributed by atoms with E-state index in [-0.39, 0.29) is 17.7 Å². The van der Waals surface area contributed by atoms with Crippen molar-refractivity contribution in [3.8, 4) is 5.75 Å². The average molecular weight is 486 g/mol. The lowest BCUT2D eigenvalue weighted by molar-refractivity contribution is -0.277. The first kappa shape index (κ1) is 26.1. The van der Waals surface area contributed by atoms with E-state index < -0.39 is 35.7 Å². The molecule has 0 amide bonds. The predicted molar refractivity (Wildman–Crippen MR) is 117 cm³/mol. The molecule has 2 nitrogen and oxygen atoms in total. The molecule has 0 heterocycles. The van der Waals surface area contributed by atoms with Crippen LogP contribution in [0.15, 0.2) is 48.7 Å². The van der Waals surface area contributed by atoms with Gasteiger partial charge in [0.2, 0.25) is 0 Å². The van der Waals surface area contributed by atoms with Gasteiger partial charge in [-0.2, -0.15) is 17.6 Å². The Balaban J connectivity index is 1.56. The monoisotopic (exact) mass is 486 g/mol. The Bertz CT molecular complexity index is 939. The summed E-state index contributed by atoms with van der Waals surface area (Å²) in [5.74, 6) is -3.38. The minimum absolute atomic E-state index is 0.0378. The summed E-state index contributed by atoms with van der Waals surface area (Å²) in [7, 11) is 0. The third-order valence-corrected chi connectivity index (χ3v) is 6.11. The summed E-state index contributed by atoms with van der Waals surface area (Å²) >= 11 is 0. The van der Waals surface area contributed by atoms with Gasteiger partial charge in [-0.3, -0.25) is 0 Å². The third-order valence-electron chi connectivity index (χ3n) is 6.11. The maximum absolute atomic E-state index is 14.7. The van der Waals surface area contributed by atoms with Crippen LogP contribution in [-0.2, 0) is 17.3 Å². The molecular formula is C26H28F6O2. The Kier molecular flexibility index (Phi) is 9.05. The van der Waals surface area contributed by atoms with Crippen LogP contribution in [-0.4, -0.2) is 6.10 Å². The Labute approximate surface area is 195 Å². The smallest absolute Gasteiger partial charge is 0.383 e. The van der Waals surface area contributed by atoms with E-state index in [0.717, 1.165) is 43.4 Å². The van der Waals surface area contributed by atoms with Gasteiger partial charge >= 0.3 is 12.2 Å². The van der Waals surface area contributed by atoms with E-state index in [1.165, 1.54) is 12.1 Å². The van der Waals surface area contributed by atoms with Gasteiger partial charge in [0.15, 0.2) is 23.6 Å². The maximum Gasteiger partial charge on any atom is 0.383 e. The molecule has 0 spiro atoms. The van der Waals surface area contributed by atoms with Crippen molar-refractivity contribution in [1.29, 1.82) is 0 Å². The highest BCUT2D eigenvalue weighted by Gasteiger charge is 2.37. The van der Waals surface area contributed by atoms with Gasteiger partial charge in [0.05, 0.1) is 11.7 Å². The zero-order valence-electron chi connectivity index (χ0n) is 18.9. The first-order valence-corrected chi connectivity index (χ1v) is 11.5. The van der Waals surface area contributed by atoms with Crippen LogP contribution in [0.1, 0.15) is 74.5 Å². The SMILES string of the molecule is CCCCCc1ccc(C(F)(F)OC2CCC(c3cc(F)c(OC=C(F)F)c(F)c3)CC2)cc1. The van der Waals surface area contributed by atoms with Crippen molar-refractivity contribution < 1.29 is 35.8 Å². The molecule has 1 fully saturated rings. The Morgan fingerprint density at radius 2 is 1.59 bits per heavy atom. The predicted octanol–water partition coefficient (Wildman–Crippen LogP) is 8.61. The van der Waals surface area contributed by atoms with E-state index >= 15 is 0 Å². The molecule has 0 aromatic heterocycles. The Morgan fingerprint density at radius 3 is 2.15 bits per heavy atom. The number of hydrogen-bond donors (Lipinski definition) is 0. The fourth-order valence-electron chi connectivity index (χ4n) is 4.27. The van der Waals surface area contributed by atoms with E-state index in [1.807, 2.05) is 0 Å². The van der Waals surface area contributed by atoms with Crippen molar-refractivity contribution in [2.75, 3.05) is 0 Å². The lowest BCUT2D eigenvalue weighted by atomic mass is 9.82. The first-order valence-electron chi connectivity index (χ1n) is 11.5.